The van der Waals surface area contributed by atoms with Crippen LogP contribution in [-0.4, -0.2) is 13.6 Å². The molecule has 1 aliphatic carbocycles. The smallest absolute Gasteiger partial charge is 0.137 e. The van der Waals surface area contributed by atoms with E-state index >= 15 is 0 Å². The predicted molar refractivity (Wildman–Crippen MR) is 88.7 cm³/mol. The van der Waals surface area contributed by atoms with Crippen LogP contribution in [-0.2, 0) is 0 Å². The van der Waals surface area contributed by atoms with Gasteiger partial charge in [0.25, 0.3) is 0 Å². The normalized spacial score (nSPS) is 26.3. The van der Waals surface area contributed by atoms with Gasteiger partial charge in [-0.2, -0.15) is 0 Å². The fourth-order valence-electron chi connectivity index (χ4n) is 3.96. The van der Waals surface area contributed by atoms with Gasteiger partial charge in [-0.25, -0.2) is 0 Å². The minimum atomic E-state index is 0.572. The summed E-state index contributed by atoms with van der Waals surface area (Å²) < 4.78 is 6.28. The lowest BCUT2D eigenvalue weighted by atomic mass is 9.72. The molecule has 1 N–H and O–H groups in total. The van der Waals surface area contributed by atoms with E-state index in [0.717, 1.165) is 18.0 Å². The monoisotopic (exact) mass is 285 g/mol. The van der Waals surface area contributed by atoms with E-state index in [1.807, 2.05) is 0 Å². The van der Waals surface area contributed by atoms with E-state index in [4.69, 9.17) is 4.42 Å². The van der Waals surface area contributed by atoms with Gasteiger partial charge in [-0.1, -0.05) is 38.0 Å². The molecule has 0 amide bonds. The Hall–Kier alpha value is -1.28. The second-order valence-corrected chi connectivity index (χ2v) is 6.65. The molecule has 1 fully saturated rings. The Bertz CT molecular complexity index is 601. The predicted octanol–water partition coefficient (Wildman–Crippen LogP) is 4.87. The van der Waals surface area contributed by atoms with Gasteiger partial charge in [0.05, 0.1) is 0 Å². The van der Waals surface area contributed by atoms with E-state index in [9.17, 15) is 0 Å². The van der Waals surface area contributed by atoms with Gasteiger partial charge in [-0.05, 0) is 56.8 Å². The maximum Gasteiger partial charge on any atom is 0.137 e. The first-order valence-electron chi connectivity index (χ1n) is 8.36. The maximum absolute atomic E-state index is 6.28. The third-order valence-corrected chi connectivity index (χ3v) is 5.27. The van der Waals surface area contributed by atoms with Gasteiger partial charge in [0.15, 0.2) is 0 Å². The molecule has 0 spiro atoms. The lowest BCUT2D eigenvalue weighted by Gasteiger charge is -2.34. The van der Waals surface area contributed by atoms with Crippen molar-refractivity contribution >= 4 is 11.0 Å². The van der Waals surface area contributed by atoms with E-state index < -0.39 is 0 Å². The van der Waals surface area contributed by atoms with Crippen molar-refractivity contribution in [1.82, 2.24) is 5.32 Å². The van der Waals surface area contributed by atoms with Crippen LogP contribution in [0, 0.1) is 18.8 Å². The van der Waals surface area contributed by atoms with Gasteiger partial charge in [0.1, 0.15) is 11.3 Å². The molecule has 1 heterocycles. The highest BCUT2D eigenvalue weighted by molar-refractivity contribution is 5.81. The van der Waals surface area contributed by atoms with Crippen LogP contribution in [0.25, 0.3) is 11.0 Å². The Morgan fingerprint density at radius 2 is 2.14 bits per heavy atom. The lowest BCUT2D eigenvalue weighted by Crippen LogP contribution is -2.30. The molecule has 2 nitrogen and oxygen atoms in total. The van der Waals surface area contributed by atoms with Crippen LogP contribution < -0.4 is 5.32 Å². The molecular weight excluding hydrogens is 258 g/mol. The highest BCUT2D eigenvalue weighted by atomic mass is 16.3. The molecule has 0 bridgehead atoms. The number of nitrogens with one attached hydrogen (secondary N) is 1. The van der Waals surface area contributed by atoms with Gasteiger partial charge in [-0.3, -0.25) is 0 Å². The zero-order valence-corrected chi connectivity index (χ0v) is 13.5. The zero-order chi connectivity index (χ0) is 14.8. The van der Waals surface area contributed by atoms with E-state index in [1.54, 1.807) is 0 Å². The Labute approximate surface area is 127 Å². The molecule has 1 saturated carbocycles. The van der Waals surface area contributed by atoms with Gasteiger partial charge in [0.2, 0.25) is 0 Å². The summed E-state index contributed by atoms with van der Waals surface area (Å²) in [6.45, 7) is 5.55. The number of furan rings is 1. The average Bonchev–Trinajstić information content (AvgIpc) is 2.93. The summed E-state index contributed by atoms with van der Waals surface area (Å²) in [6.07, 6.45) is 5.27. The van der Waals surface area contributed by atoms with E-state index in [-0.39, 0.29) is 0 Å². The van der Waals surface area contributed by atoms with Crippen molar-refractivity contribution in [2.75, 3.05) is 13.6 Å². The van der Waals surface area contributed by atoms with E-state index in [1.165, 1.54) is 42.4 Å². The molecule has 1 aromatic carbocycles. The first-order chi connectivity index (χ1) is 10.2. The fraction of sp³-hybridized carbons (Fsp3) is 0.579. The van der Waals surface area contributed by atoms with Crippen LogP contribution in [0.3, 0.4) is 0 Å². The summed E-state index contributed by atoms with van der Waals surface area (Å²) in [6, 6.07) is 8.71. The molecule has 0 aliphatic heterocycles. The number of aryl methyl sites for hydroxylation is 1. The molecule has 1 aromatic heterocycles. The largest absolute Gasteiger partial charge is 0.460 e. The van der Waals surface area contributed by atoms with Crippen LogP contribution in [0.1, 0.15) is 49.8 Å². The van der Waals surface area contributed by atoms with Gasteiger partial charge in [0, 0.05) is 11.3 Å². The summed E-state index contributed by atoms with van der Waals surface area (Å²) >= 11 is 0. The molecule has 0 saturated heterocycles. The summed E-state index contributed by atoms with van der Waals surface area (Å²) in [5, 5.41) is 4.63. The van der Waals surface area contributed by atoms with Gasteiger partial charge >= 0.3 is 0 Å². The Morgan fingerprint density at radius 1 is 1.29 bits per heavy atom. The molecule has 3 rings (SSSR count). The first-order valence-corrected chi connectivity index (χ1v) is 8.36. The van der Waals surface area contributed by atoms with Crippen molar-refractivity contribution in [1.29, 1.82) is 0 Å². The maximum atomic E-state index is 6.28. The third-order valence-electron chi connectivity index (χ3n) is 5.27. The van der Waals surface area contributed by atoms with Gasteiger partial charge < -0.3 is 9.73 Å². The number of hydrogen-bond acceptors (Lipinski definition) is 2. The average molecular weight is 285 g/mol. The minimum Gasteiger partial charge on any atom is -0.460 e. The SMILES string of the molecule is CCC1CCC(CNC)C(c2cc3cccc(C)c3o2)C1. The molecule has 2 heteroatoms. The van der Waals surface area contributed by atoms with Crippen molar-refractivity contribution in [3.63, 3.8) is 0 Å². The molecule has 0 radical (unpaired) electrons. The Morgan fingerprint density at radius 3 is 2.86 bits per heavy atom. The van der Waals surface area contributed by atoms with Crippen molar-refractivity contribution in [3.05, 3.63) is 35.6 Å². The highest BCUT2D eigenvalue weighted by Crippen LogP contribution is 2.43. The molecular formula is C19H27NO. The Balaban J connectivity index is 1.94. The second-order valence-electron chi connectivity index (χ2n) is 6.65. The number of hydrogen-bond donors (Lipinski definition) is 1. The standard InChI is InChI=1S/C19H27NO/c1-4-14-8-9-16(12-20-3)17(10-14)18-11-15-7-5-6-13(2)19(15)21-18/h5-7,11,14,16-17,20H,4,8-10,12H2,1-3H3. The van der Waals surface area contributed by atoms with Crippen molar-refractivity contribution < 1.29 is 4.42 Å². The zero-order valence-electron chi connectivity index (χ0n) is 13.5. The number of fused-ring (bicyclic) bond motifs is 1. The topological polar surface area (TPSA) is 25.2 Å². The summed E-state index contributed by atoms with van der Waals surface area (Å²) in [4.78, 5) is 0. The van der Waals surface area contributed by atoms with Crippen molar-refractivity contribution in [3.8, 4) is 0 Å². The molecule has 3 atom stereocenters. The molecule has 21 heavy (non-hydrogen) atoms. The number of rotatable bonds is 4. The minimum absolute atomic E-state index is 0.572. The lowest BCUT2D eigenvalue weighted by molar-refractivity contribution is 0.210. The van der Waals surface area contributed by atoms with Crippen LogP contribution >= 0.6 is 0 Å². The summed E-state index contributed by atoms with van der Waals surface area (Å²) in [5.41, 5.74) is 2.32. The number of benzene rings is 1. The molecule has 114 valence electrons. The molecule has 2 aromatic rings. The quantitative estimate of drug-likeness (QED) is 0.867. The van der Waals surface area contributed by atoms with E-state index in [2.05, 4.69) is 50.5 Å². The summed E-state index contributed by atoms with van der Waals surface area (Å²) in [5.74, 6) is 3.34. The first kappa shape index (κ1) is 14.6. The van der Waals surface area contributed by atoms with Crippen LogP contribution in [0.2, 0.25) is 0 Å². The Kier molecular flexibility index (Phi) is 4.34. The molecule has 3 unspecified atom stereocenters. The van der Waals surface area contributed by atoms with Crippen molar-refractivity contribution in [2.45, 2.75) is 45.4 Å². The van der Waals surface area contributed by atoms with Crippen molar-refractivity contribution in [2.24, 2.45) is 11.8 Å². The van der Waals surface area contributed by atoms with E-state index in [0.29, 0.717) is 11.8 Å². The van der Waals surface area contributed by atoms with Crippen LogP contribution in [0.4, 0.5) is 0 Å². The second kappa shape index (κ2) is 6.23. The fourth-order valence-corrected chi connectivity index (χ4v) is 3.96. The van der Waals surface area contributed by atoms with Crippen LogP contribution in [0.5, 0.6) is 0 Å². The molecule has 1 aliphatic rings. The number of para-hydroxylation sites is 1. The highest BCUT2D eigenvalue weighted by Gasteiger charge is 2.32. The summed E-state index contributed by atoms with van der Waals surface area (Å²) in [7, 11) is 2.06. The van der Waals surface area contributed by atoms with Gasteiger partial charge in [-0.15, -0.1) is 0 Å². The third kappa shape index (κ3) is 2.87. The van der Waals surface area contributed by atoms with Crippen LogP contribution in [0.15, 0.2) is 28.7 Å².